The second kappa shape index (κ2) is 16.9. The van der Waals surface area contributed by atoms with Gasteiger partial charge in [0, 0.05) is 51.0 Å². The lowest BCUT2D eigenvalue weighted by atomic mass is 9.75. The lowest BCUT2D eigenvalue weighted by molar-refractivity contribution is -0.282. The maximum atomic E-state index is 14.4. The average molecular weight is 625 g/mol. The van der Waals surface area contributed by atoms with Crippen LogP contribution in [0.25, 0.3) is 0 Å². The molecule has 1 saturated carbocycles. The number of aliphatic hydroxyl groups excluding tert-OH is 1. The van der Waals surface area contributed by atoms with E-state index in [-0.39, 0.29) is 24.7 Å². The first-order chi connectivity index (χ1) is 19.8. The second-order valence-electron chi connectivity index (χ2n) is 11.5. The summed E-state index contributed by atoms with van der Waals surface area (Å²) in [6.07, 6.45) is -2.29. The summed E-state index contributed by atoms with van der Waals surface area (Å²) in [4.78, 5) is 13.2. The molecule has 2 rings (SSSR count). The molecule has 1 aromatic carbocycles. The van der Waals surface area contributed by atoms with Gasteiger partial charge < -0.3 is 29.8 Å². The monoisotopic (exact) mass is 624 g/mol. The SMILES string of the molecule is COCCCOc1cc(C[C@@H](C[C@H](N)[C@@H](O)CN(Cl)C(=O)[C@](OC)(C2CCCCC2)C(F)(F)F)C(C)C)ccc1OC. The van der Waals surface area contributed by atoms with E-state index in [9.17, 15) is 23.1 Å². The van der Waals surface area contributed by atoms with Gasteiger partial charge in [-0.15, -0.1) is 0 Å². The summed E-state index contributed by atoms with van der Waals surface area (Å²) >= 11 is 6.15. The standard InChI is InChI=1S/C30H48ClF3N2O6/c1-20(2)22(16-21-12-13-26(40-4)27(17-21)42-15-9-14-39-3)18-24(35)25(37)19-36(31)28(38)29(41-5,30(32,33)34)23-10-7-6-8-11-23/h12-13,17,20,22-25,37H,6-11,14-16,18-19,35H2,1-5H3/t22-,24-,25-,29+/m0/s1. The number of methoxy groups -OCH3 is 3. The Labute approximate surface area is 253 Å². The van der Waals surface area contributed by atoms with Gasteiger partial charge in [-0.25, -0.2) is 4.42 Å². The average Bonchev–Trinajstić information content (AvgIpc) is 2.95. The Morgan fingerprint density at radius 2 is 1.79 bits per heavy atom. The van der Waals surface area contributed by atoms with Crippen molar-refractivity contribution in [3.63, 3.8) is 0 Å². The van der Waals surface area contributed by atoms with Crippen molar-refractivity contribution in [2.45, 2.75) is 89.1 Å². The van der Waals surface area contributed by atoms with E-state index in [0.29, 0.717) is 54.8 Å². The van der Waals surface area contributed by atoms with E-state index >= 15 is 0 Å². The lowest BCUT2D eigenvalue weighted by Crippen LogP contribution is -2.63. The second-order valence-corrected chi connectivity index (χ2v) is 11.9. The Balaban J connectivity index is 2.11. The molecule has 0 spiro atoms. The first-order valence-electron chi connectivity index (χ1n) is 14.6. The first-order valence-corrected chi connectivity index (χ1v) is 15.0. The van der Waals surface area contributed by atoms with Gasteiger partial charge in [0.05, 0.1) is 26.4 Å². The minimum atomic E-state index is -4.98. The third-order valence-electron chi connectivity index (χ3n) is 8.30. The van der Waals surface area contributed by atoms with Gasteiger partial charge in [-0.05, 0) is 55.2 Å². The fraction of sp³-hybridized carbons (Fsp3) is 0.767. The van der Waals surface area contributed by atoms with Crippen molar-refractivity contribution in [3.05, 3.63) is 23.8 Å². The van der Waals surface area contributed by atoms with Crippen LogP contribution in [0.1, 0.15) is 64.4 Å². The maximum absolute atomic E-state index is 14.4. The van der Waals surface area contributed by atoms with E-state index in [1.54, 1.807) is 14.2 Å². The summed E-state index contributed by atoms with van der Waals surface area (Å²) in [5.74, 6) is -1.08. The van der Waals surface area contributed by atoms with Crippen molar-refractivity contribution in [1.82, 2.24) is 4.42 Å². The molecule has 1 amide bonds. The third-order valence-corrected chi connectivity index (χ3v) is 8.59. The largest absolute Gasteiger partial charge is 0.493 e. The summed E-state index contributed by atoms with van der Waals surface area (Å²) in [5, 5.41) is 10.9. The fourth-order valence-electron chi connectivity index (χ4n) is 5.72. The van der Waals surface area contributed by atoms with Crippen LogP contribution in [0.4, 0.5) is 13.2 Å². The number of nitrogens with zero attached hydrogens (tertiary/aromatic N) is 1. The fourth-order valence-corrected chi connectivity index (χ4v) is 5.98. The highest BCUT2D eigenvalue weighted by molar-refractivity contribution is 6.22. The molecule has 0 heterocycles. The summed E-state index contributed by atoms with van der Waals surface area (Å²) in [6, 6.07) is 4.84. The molecule has 1 aromatic rings. The van der Waals surface area contributed by atoms with E-state index in [0.717, 1.165) is 25.5 Å². The van der Waals surface area contributed by atoms with Crippen molar-refractivity contribution < 1.29 is 42.0 Å². The number of carbonyl (C=O) groups is 1. The van der Waals surface area contributed by atoms with Crippen LogP contribution < -0.4 is 15.2 Å². The molecule has 3 N–H and O–H groups in total. The molecule has 1 fully saturated rings. The summed E-state index contributed by atoms with van der Waals surface area (Å²) in [6.45, 7) is 4.54. The molecule has 242 valence electrons. The van der Waals surface area contributed by atoms with E-state index < -0.39 is 42.3 Å². The van der Waals surface area contributed by atoms with Gasteiger partial charge in [0.25, 0.3) is 5.91 Å². The number of alkyl halides is 3. The summed E-state index contributed by atoms with van der Waals surface area (Å²) in [7, 11) is 4.08. The molecular formula is C30H48ClF3N2O6. The molecule has 0 aliphatic heterocycles. The molecule has 8 nitrogen and oxygen atoms in total. The number of rotatable bonds is 17. The number of ether oxygens (including phenoxy) is 4. The van der Waals surface area contributed by atoms with Crippen molar-refractivity contribution in [2.75, 3.05) is 41.1 Å². The molecule has 4 atom stereocenters. The van der Waals surface area contributed by atoms with Crippen LogP contribution >= 0.6 is 11.8 Å². The minimum absolute atomic E-state index is 0.0133. The van der Waals surface area contributed by atoms with Crippen molar-refractivity contribution >= 4 is 17.7 Å². The van der Waals surface area contributed by atoms with Crippen LogP contribution in [0.3, 0.4) is 0 Å². The summed E-state index contributed by atoms with van der Waals surface area (Å²) < 4.78 is 64.9. The number of amides is 1. The molecular weight excluding hydrogens is 577 g/mol. The zero-order valence-electron chi connectivity index (χ0n) is 25.4. The zero-order chi connectivity index (χ0) is 31.5. The highest BCUT2D eigenvalue weighted by Crippen LogP contribution is 2.46. The van der Waals surface area contributed by atoms with Crippen molar-refractivity contribution in [1.29, 1.82) is 0 Å². The lowest BCUT2D eigenvalue weighted by Gasteiger charge is -2.42. The highest BCUT2D eigenvalue weighted by atomic mass is 35.5. The van der Waals surface area contributed by atoms with Gasteiger partial charge in [-0.3, -0.25) is 4.79 Å². The van der Waals surface area contributed by atoms with Crippen molar-refractivity contribution in [2.24, 2.45) is 23.5 Å². The molecule has 1 aliphatic carbocycles. The van der Waals surface area contributed by atoms with Crippen LogP contribution in [0, 0.1) is 17.8 Å². The van der Waals surface area contributed by atoms with Crippen LogP contribution in [0.2, 0.25) is 0 Å². The Bertz CT molecular complexity index is 963. The smallest absolute Gasteiger partial charge is 0.426 e. The number of carbonyl (C=O) groups excluding carboxylic acids is 1. The van der Waals surface area contributed by atoms with Crippen molar-refractivity contribution in [3.8, 4) is 11.5 Å². The topological polar surface area (TPSA) is 103 Å². The first kappa shape index (κ1) is 36.4. The molecule has 0 bridgehead atoms. The Kier molecular flexibility index (Phi) is 14.6. The maximum Gasteiger partial charge on any atom is 0.426 e. The number of benzene rings is 1. The highest BCUT2D eigenvalue weighted by Gasteiger charge is 2.66. The summed E-state index contributed by atoms with van der Waals surface area (Å²) in [5.41, 5.74) is 4.25. The third kappa shape index (κ3) is 9.35. The molecule has 42 heavy (non-hydrogen) atoms. The van der Waals surface area contributed by atoms with Crippen LogP contribution in [-0.2, 0) is 20.7 Å². The number of hydrogen-bond acceptors (Lipinski definition) is 7. The molecule has 0 radical (unpaired) electrons. The van der Waals surface area contributed by atoms with Gasteiger partial charge in [0.1, 0.15) is 0 Å². The van der Waals surface area contributed by atoms with Gasteiger partial charge >= 0.3 is 6.18 Å². The van der Waals surface area contributed by atoms with Gasteiger partial charge in [-0.2, -0.15) is 13.2 Å². The minimum Gasteiger partial charge on any atom is -0.493 e. The quantitative estimate of drug-likeness (QED) is 0.174. The van der Waals surface area contributed by atoms with Gasteiger partial charge in [0.15, 0.2) is 11.5 Å². The molecule has 12 heteroatoms. The van der Waals surface area contributed by atoms with Crippen LogP contribution in [-0.4, -0.2) is 80.4 Å². The molecule has 1 aliphatic rings. The van der Waals surface area contributed by atoms with Crippen LogP contribution in [0.5, 0.6) is 11.5 Å². The number of hydrogen-bond donors (Lipinski definition) is 2. The van der Waals surface area contributed by atoms with E-state index in [4.69, 9.17) is 36.5 Å². The normalized spacial score (nSPS) is 18.3. The van der Waals surface area contributed by atoms with Gasteiger partial charge in [0.2, 0.25) is 5.60 Å². The number of halogens is 4. The zero-order valence-corrected chi connectivity index (χ0v) is 26.2. The Hall–Kier alpha value is -1.79. The molecule has 0 unspecified atom stereocenters. The Morgan fingerprint density at radius 3 is 2.33 bits per heavy atom. The predicted molar refractivity (Wildman–Crippen MR) is 156 cm³/mol. The Morgan fingerprint density at radius 1 is 1.12 bits per heavy atom. The predicted octanol–water partition coefficient (Wildman–Crippen LogP) is 5.51. The van der Waals surface area contributed by atoms with E-state index in [1.165, 1.54) is 0 Å². The van der Waals surface area contributed by atoms with E-state index in [1.807, 2.05) is 32.0 Å². The van der Waals surface area contributed by atoms with Gasteiger partial charge in [-0.1, -0.05) is 39.2 Å². The van der Waals surface area contributed by atoms with Crippen LogP contribution in [0.15, 0.2) is 18.2 Å². The number of nitrogens with two attached hydrogens (primary N) is 1. The van der Waals surface area contributed by atoms with E-state index in [2.05, 4.69) is 0 Å². The number of aliphatic hydroxyl groups is 1. The molecule has 0 aromatic heterocycles. The molecule has 0 saturated heterocycles.